The Bertz CT molecular complexity index is 152. The van der Waals surface area contributed by atoms with Gasteiger partial charge in [0, 0.05) is 39.3 Å². The summed E-state index contributed by atoms with van der Waals surface area (Å²) in [5, 5.41) is 3.48. The molecule has 0 aromatic carbocycles. The molecule has 0 radical (unpaired) electrons. The van der Waals surface area contributed by atoms with Crippen molar-refractivity contribution in [3.63, 3.8) is 0 Å². The highest BCUT2D eigenvalue weighted by atomic mass is 16.5. The second kappa shape index (κ2) is 12.3. The molecule has 104 valence electrons. The van der Waals surface area contributed by atoms with Crippen molar-refractivity contribution >= 4 is 0 Å². The quantitative estimate of drug-likeness (QED) is 0.517. The Balaban J connectivity index is 3.26. The Morgan fingerprint density at radius 2 is 1.59 bits per heavy atom. The fourth-order valence-corrected chi connectivity index (χ4v) is 1.65. The largest absolute Gasteiger partial charge is 0.380 e. The standard InChI is InChI=1S/C13H31N3O/c1-5-16(6-2)11-9-14-8-10-15(4)12-13-17-7-3/h14H,5-13H2,1-4H3. The molecule has 4 nitrogen and oxygen atoms in total. The van der Waals surface area contributed by atoms with Crippen molar-refractivity contribution in [1.82, 2.24) is 15.1 Å². The summed E-state index contributed by atoms with van der Waals surface area (Å²) in [5.41, 5.74) is 0. The van der Waals surface area contributed by atoms with Crippen LogP contribution in [0.25, 0.3) is 0 Å². The van der Waals surface area contributed by atoms with Gasteiger partial charge >= 0.3 is 0 Å². The minimum Gasteiger partial charge on any atom is -0.380 e. The Morgan fingerprint density at radius 3 is 2.18 bits per heavy atom. The molecule has 0 rings (SSSR count). The molecule has 0 saturated carbocycles. The Hall–Kier alpha value is -0.160. The van der Waals surface area contributed by atoms with Gasteiger partial charge in [0.05, 0.1) is 6.61 Å². The zero-order valence-corrected chi connectivity index (χ0v) is 12.2. The van der Waals surface area contributed by atoms with Gasteiger partial charge in [-0.2, -0.15) is 0 Å². The third-order valence-electron chi connectivity index (χ3n) is 2.99. The lowest BCUT2D eigenvalue weighted by Crippen LogP contribution is -2.36. The minimum atomic E-state index is 0.815. The minimum absolute atomic E-state index is 0.815. The van der Waals surface area contributed by atoms with E-state index in [4.69, 9.17) is 4.74 Å². The fourth-order valence-electron chi connectivity index (χ4n) is 1.65. The van der Waals surface area contributed by atoms with Crippen molar-refractivity contribution in [2.24, 2.45) is 0 Å². The number of nitrogens with zero attached hydrogens (tertiary/aromatic N) is 2. The normalized spacial score (nSPS) is 11.6. The number of likely N-dealkylation sites (N-methyl/N-ethyl adjacent to an activating group) is 2. The van der Waals surface area contributed by atoms with E-state index in [9.17, 15) is 0 Å². The summed E-state index contributed by atoms with van der Waals surface area (Å²) in [5.74, 6) is 0. The molecular weight excluding hydrogens is 214 g/mol. The lowest BCUT2D eigenvalue weighted by molar-refractivity contribution is 0.122. The van der Waals surface area contributed by atoms with E-state index in [1.54, 1.807) is 0 Å². The van der Waals surface area contributed by atoms with Crippen molar-refractivity contribution in [1.29, 1.82) is 0 Å². The summed E-state index contributed by atoms with van der Waals surface area (Å²) < 4.78 is 5.32. The molecule has 0 atom stereocenters. The van der Waals surface area contributed by atoms with Crippen LogP contribution in [0.5, 0.6) is 0 Å². The van der Waals surface area contributed by atoms with Crippen LogP contribution in [0.2, 0.25) is 0 Å². The van der Waals surface area contributed by atoms with Crippen molar-refractivity contribution in [2.75, 3.05) is 66.1 Å². The van der Waals surface area contributed by atoms with Crippen LogP contribution in [0.15, 0.2) is 0 Å². The molecular formula is C13H31N3O. The lowest BCUT2D eigenvalue weighted by atomic mass is 10.4. The lowest BCUT2D eigenvalue weighted by Gasteiger charge is -2.19. The number of hydrogen-bond donors (Lipinski definition) is 1. The molecule has 0 fully saturated rings. The summed E-state index contributed by atoms with van der Waals surface area (Å²) >= 11 is 0. The van der Waals surface area contributed by atoms with Crippen LogP contribution >= 0.6 is 0 Å². The van der Waals surface area contributed by atoms with Gasteiger partial charge in [0.1, 0.15) is 0 Å². The Morgan fingerprint density at radius 1 is 0.941 bits per heavy atom. The maximum absolute atomic E-state index is 5.32. The van der Waals surface area contributed by atoms with Gasteiger partial charge in [-0.1, -0.05) is 13.8 Å². The van der Waals surface area contributed by atoms with E-state index in [0.29, 0.717) is 0 Å². The van der Waals surface area contributed by atoms with Gasteiger partial charge in [-0.05, 0) is 27.1 Å². The van der Waals surface area contributed by atoms with Gasteiger partial charge in [-0.15, -0.1) is 0 Å². The molecule has 0 saturated heterocycles. The van der Waals surface area contributed by atoms with Crippen LogP contribution in [-0.4, -0.2) is 75.9 Å². The van der Waals surface area contributed by atoms with Crippen LogP contribution in [0.3, 0.4) is 0 Å². The van der Waals surface area contributed by atoms with E-state index in [1.807, 2.05) is 6.92 Å². The molecule has 0 aromatic rings. The first kappa shape index (κ1) is 16.8. The van der Waals surface area contributed by atoms with Crippen LogP contribution < -0.4 is 5.32 Å². The third kappa shape index (κ3) is 10.7. The van der Waals surface area contributed by atoms with E-state index in [0.717, 1.165) is 59.0 Å². The van der Waals surface area contributed by atoms with Gasteiger partial charge in [-0.25, -0.2) is 0 Å². The molecule has 0 aliphatic carbocycles. The highest BCUT2D eigenvalue weighted by molar-refractivity contribution is 4.58. The molecule has 0 bridgehead atoms. The number of ether oxygens (including phenoxy) is 1. The molecule has 0 amide bonds. The predicted octanol–water partition coefficient (Wildman–Crippen LogP) is 0.886. The van der Waals surface area contributed by atoms with Gasteiger partial charge in [0.2, 0.25) is 0 Å². The first-order chi connectivity index (χ1) is 8.24. The maximum Gasteiger partial charge on any atom is 0.0593 e. The number of rotatable bonds is 12. The summed E-state index contributed by atoms with van der Waals surface area (Å²) in [4.78, 5) is 4.74. The van der Waals surface area contributed by atoms with Crippen molar-refractivity contribution in [3.8, 4) is 0 Å². The first-order valence-electron chi connectivity index (χ1n) is 6.93. The number of nitrogens with one attached hydrogen (secondary N) is 1. The van der Waals surface area contributed by atoms with E-state index < -0.39 is 0 Å². The third-order valence-corrected chi connectivity index (χ3v) is 2.99. The Kier molecular flexibility index (Phi) is 12.2. The van der Waals surface area contributed by atoms with Crippen LogP contribution in [0, 0.1) is 0 Å². The highest BCUT2D eigenvalue weighted by Gasteiger charge is 1.99. The summed E-state index contributed by atoms with van der Waals surface area (Å²) in [6.07, 6.45) is 0. The zero-order valence-electron chi connectivity index (χ0n) is 12.2. The predicted molar refractivity (Wildman–Crippen MR) is 74.6 cm³/mol. The Labute approximate surface area is 107 Å². The summed E-state index contributed by atoms with van der Waals surface area (Å²) in [6.45, 7) is 15.8. The van der Waals surface area contributed by atoms with E-state index in [2.05, 4.69) is 36.0 Å². The summed E-state index contributed by atoms with van der Waals surface area (Å²) in [6, 6.07) is 0. The molecule has 0 aliphatic heterocycles. The van der Waals surface area contributed by atoms with Crippen LogP contribution in [0.4, 0.5) is 0 Å². The van der Waals surface area contributed by atoms with Gasteiger partial charge in [-0.3, -0.25) is 0 Å². The number of hydrogen-bond acceptors (Lipinski definition) is 4. The highest BCUT2D eigenvalue weighted by Crippen LogP contribution is 1.85. The molecule has 0 aromatic heterocycles. The fraction of sp³-hybridized carbons (Fsp3) is 1.00. The second-order valence-electron chi connectivity index (χ2n) is 4.28. The van der Waals surface area contributed by atoms with Gasteiger partial charge in [0.25, 0.3) is 0 Å². The second-order valence-corrected chi connectivity index (χ2v) is 4.28. The molecule has 0 spiro atoms. The summed E-state index contributed by atoms with van der Waals surface area (Å²) in [7, 11) is 2.14. The molecule has 0 unspecified atom stereocenters. The molecule has 1 N–H and O–H groups in total. The van der Waals surface area contributed by atoms with E-state index >= 15 is 0 Å². The van der Waals surface area contributed by atoms with Crippen LogP contribution in [0.1, 0.15) is 20.8 Å². The van der Waals surface area contributed by atoms with E-state index in [-0.39, 0.29) is 0 Å². The van der Waals surface area contributed by atoms with Crippen molar-refractivity contribution < 1.29 is 4.74 Å². The molecule has 0 aliphatic rings. The average molecular weight is 245 g/mol. The van der Waals surface area contributed by atoms with Crippen LogP contribution in [-0.2, 0) is 4.74 Å². The van der Waals surface area contributed by atoms with E-state index in [1.165, 1.54) is 0 Å². The first-order valence-corrected chi connectivity index (χ1v) is 6.93. The monoisotopic (exact) mass is 245 g/mol. The van der Waals surface area contributed by atoms with Gasteiger partial charge < -0.3 is 19.9 Å². The molecule has 0 heterocycles. The topological polar surface area (TPSA) is 27.7 Å². The molecule has 4 heteroatoms. The maximum atomic E-state index is 5.32. The van der Waals surface area contributed by atoms with Gasteiger partial charge in [0.15, 0.2) is 0 Å². The van der Waals surface area contributed by atoms with Crippen molar-refractivity contribution in [2.45, 2.75) is 20.8 Å². The zero-order chi connectivity index (χ0) is 12.9. The smallest absolute Gasteiger partial charge is 0.0593 e. The molecule has 17 heavy (non-hydrogen) atoms. The SMILES string of the molecule is CCOCCN(C)CCNCCN(CC)CC. The average Bonchev–Trinajstić information content (AvgIpc) is 2.34. The van der Waals surface area contributed by atoms with Crippen molar-refractivity contribution in [3.05, 3.63) is 0 Å².